The minimum absolute atomic E-state index is 0.211. The zero-order valence-electron chi connectivity index (χ0n) is 12.9. The van der Waals surface area contributed by atoms with E-state index in [1.165, 1.54) is 18.3 Å². The molecule has 0 aliphatic rings. The average Bonchev–Trinajstić information content (AvgIpc) is 2.43. The van der Waals surface area contributed by atoms with Crippen LogP contribution in [-0.4, -0.2) is 39.2 Å². The third kappa shape index (κ3) is 6.88. The molecular weight excluding hydrogens is 290 g/mol. The maximum atomic E-state index is 12.1. The molecule has 0 atom stereocenters. The van der Waals surface area contributed by atoms with Gasteiger partial charge in [-0.05, 0) is 39.7 Å². The number of hydrogen-bond acceptors (Lipinski definition) is 5. The molecule has 0 fully saturated rings. The van der Waals surface area contributed by atoms with E-state index in [2.05, 4.69) is 15.0 Å². The largest absolute Gasteiger partial charge is 0.379 e. The first-order valence-electron chi connectivity index (χ1n) is 7.27. The van der Waals surface area contributed by atoms with E-state index in [0.29, 0.717) is 25.5 Å². The highest BCUT2D eigenvalue weighted by Gasteiger charge is 2.13. The van der Waals surface area contributed by atoms with Crippen molar-refractivity contribution in [3.8, 4) is 0 Å². The lowest BCUT2D eigenvalue weighted by atomic mass is 10.3. The van der Waals surface area contributed by atoms with Crippen LogP contribution in [0.15, 0.2) is 23.2 Å². The predicted octanol–water partition coefficient (Wildman–Crippen LogP) is 2.00. The Morgan fingerprint density at radius 3 is 2.76 bits per heavy atom. The van der Waals surface area contributed by atoms with E-state index in [0.717, 1.165) is 12.8 Å². The first-order chi connectivity index (χ1) is 9.95. The molecule has 0 unspecified atom stereocenters. The van der Waals surface area contributed by atoms with Gasteiger partial charge in [-0.25, -0.2) is 18.1 Å². The molecule has 0 aliphatic carbocycles. The third-order valence-corrected chi connectivity index (χ3v) is 4.17. The summed E-state index contributed by atoms with van der Waals surface area (Å²) in [5.74, 6) is 0.561. The molecule has 0 aliphatic heterocycles. The Bertz CT molecular complexity index is 518. The van der Waals surface area contributed by atoms with Crippen molar-refractivity contribution in [2.75, 3.05) is 25.0 Å². The van der Waals surface area contributed by atoms with Crippen LogP contribution in [0.2, 0.25) is 0 Å². The SMILES string of the molecule is CCNc1cc(S(=O)(=O)NCCCCOC(C)C)ccn1. The zero-order valence-corrected chi connectivity index (χ0v) is 13.7. The molecule has 0 saturated carbocycles. The summed E-state index contributed by atoms with van der Waals surface area (Å²) in [4.78, 5) is 4.29. The van der Waals surface area contributed by atoms with E-state index in [1.54, 1.807) is 0 Å². The van der Waals surface area contributed by atoms with E-state index in [9.17, 15) is 8.42 Å². The Labute approximate surface area is 127 Å². The van der Waals surface area contributed by atoms with Crippen molar-refractivity contribution in [2.24, 2.45) is 0 Å². The molecule has 21 heavy (non-hydrogen) atoms. The summed E-state index contributed by atoms with van der Waals surface area (Å²) in [5, 5.41) is 2.99. The summed E-state index contributed by atoms with van der Waals surface area (Å²) >= 11 is 0. The second-order valence-corrected chi connectivity index (χ2v) is 6.70. The quantitative estimate of drug-likeness (QED) is 0.646. The van der Waals surface area contributed by atoms with Crippen molar-refractivity contribution in [1.29, 1.82) is 0 Å². The highest BCUT2D eigenvalue weighted by Crippen LogP contribution is 2.12. The highest BCUT2D eigenvalue weighted by atomic mass is 32.2. The van der Waals surface area contributed by atoms with E-state index in [-0.39, 0.29) is 11.0 Å². The van der Waals surface area contributed by atoms with Crippen molar-refractivity contribution in [2.45, 2.75) is 44.6 Å². The number of nitrogens with one attached hydrogen (secondary N) is 2. The number of pyridine rings is 1. The van der Waals surface area contributed by atoms with Gasteiger partial charge in [0, 0.05) is 32.0 Å². The second-order valence-electron chi connectivity index (χ2n) is 4.93. The van der Waals surface area contributed by atoms with Crippen LogP contribution >= 0.6 is 0 Å². The molecule has 1 rings (SSSR count). The van der Waals surface area contributed by atoms with Crippen LogP contribution in [0.3, 0.4) is 0 Å². The minimum Gasteiger partial charge on any atom is -0.379 e. The first-order valence-corrected chi connectivity index (χ1v) is 8.75. The van der Waals surface area contributed by atoms with Gasteiger partial charge in [0.05, 0.1) is 11.0 Å². The van der Waals surface area contributed by atoms with Crippen LogP contribution in [0.4, 0.5) is 5.82 Å². The van der Waals surface area contributed by atoms with Crippen molar-refractivity contribution in [3.05, 3.63) is 18.3 Å². The summed E-state index contributed by atoms with van der Waals surface area (Å²) in [6, 6.07) is 3.03. The molecule has 0 spiro atoms. The van der Waals surface area contributed by atoms with Crippen molar-refractivity contribution >= 4 is 15.8 Å². The predicted molar refractivity (Wildman–Crippen MR) is 83.9 cm³/mol. The fourth-order valence-corrected chi connectivity index (χ4v) is 2.78. The second kappa shape index (κ2) is 8.96. The van der Waals surface area contributed by atoms with Gasteiger partial charge < -0.3 is 10.1 Å². The summed E-state index contributed by atoms with van der Waals surface area (Å²) in [6.45, 7) is 7.64. The van der Waals surface area contributed by atoms with E-state index < -0.39 is 10.0 Å². The fourth-order valence-electron chi connectivity index (χ4n) is 1.69. The van der Waals surface area contributed by atoms with Gasteiger partial charge in [0.15, 0.2) is 0 Å². The van der Waals surface area contributed by atoms with Gasteiger partial charge in [-0.2, -0.15) is 0 Å². The van der Waals surface area contributed by atoms with Crippen molar-refractivity contribution < 1.29 is 13.2 Å². The molecule has 0 aromatic carbocycles. The van der Waals surface area contributed by atoms with Gasteiger partial charge in [0.2, 0.25) is 10.0 Å². The molecule has 0 amide bonds. The molecule has 120 valence electrons. The van der Waals surface area contributed by atoms with Gasteiger partial charge in [0.1, 0.15) is 5.82 Å². The molecule has 0 bridgehead atoms. The van der Waals surface area contributed by atoms with Crippen LogP contribution in [-0.2, 0) is 14.8 Å². The lowest BCUT2D eigenvalue weighted by Crippen LogP contribution is -2.25. The standard InChI is InChI=1S/C14H25N3O3S/c1-4-15-14-11-13(7-9-16-14)21(18,19)17-8-5-6-10-20-12(2)3/h7,9,11-12,17H,4-6,8,10H2,1-3H3,(H,15,16). The Kier molecular flexibility index (Phi) is 7.63. The molecule has 1 aromatic heterocycles. The number of sulfonamides is 1. The normalized spacial score (nSPS) is 11.8. The van der Waals surface area contributed by atoms with Gasteiger partial charge in [-0.1, -0.05) is 0 Å². The van der Waals surface area contributed by atoms with Crippen LogP contribution in [0.25, 0.3) is 0 Å². The molecule has 0 radical (unpaired) electrons. The number of nitrogens with zero attached hydrogens (tertiary/aromatic N) is 1. The average molecular weight is 315 g/mol. The number of unbranched alkanes of at least 4 members (excludes halogenated alkanes) is 1. The molecule has 1 heterocycles. The van der Waals surface area contributed by atoms with Crippen LogP contribution in [0.1, 0.15) is 33.6 Å². The van der Waals surface area contributed by atoms with E-state index >= 15 is 0 Å². The third-order valence-electron chi connectivity index (χ3n) is 2.71. The summed E-state index contributed by atoms with van der Waals surface area (Å²) in [7, 11) is -3.48. The summed E-state index contributed by atoms with van der Waals surface area (Å²) in [6.07, 6.45) is 3.28. The van der Waals surface area contributed by atoms with E-state index in [1.807, 2.05) is 20.8 Å². The van der Waals surface area contributed by atoms with Crippen LogP contribution in [0.5, 0.6) is 0 Å². The molecule has 6 nitrogen and oxygen atoms in total. The lowest BCUT2D eigenvalue weighted by molar-refractivity contribution is 0.0762. The highest BCUT2D eigenvalue weighted by molar-refractivity contribution is 7.89. The zero-order chi connectivity index (χ0) is 15.7. The number of ether oxygens (including phenoxy) is 1. The number of hydrogen-bond donors (Lipinski definition) is 2. The van der Waals surface area contributed by atoms with Gasteiger partial charge in [0.25, 0.3) is 0 Å². The van der Waals surface area contributed by atoms with Gasteiger partial charge in [-0.3, -0.25) is 0 Å². The number of aromatic nitrogens is 1. The molecule has 0 saturated heterocycles. The molecule has 1 aromatic rings. The van der Waals surface area contributed by atoms with Crippen molar-refractivity contribution in [3.63, 3.8) is 0 Å². The minimum atomic E-state index is -3.48. The Hall–Kier alpha value is -1.18. The topological polar surface area (TPSA) is 80.3 Å². The summed E-state index contributed by atoms with van der Waals surface area (Å²) < 4.78 is 32.3. The van der Waals surface area contributed by atoms with Crippen LogP contribution < -0.4 is 10.0 Å². The fraction of sp³-hybridized carbons (Fsp3) is 0.643. The smallest absolute Gasteiger partial charge is 0.240 e. The Balaban J connectivity index is 2.44. The van der Waals surface area contributed by atoms with Gasteiger partial charge in [-0.15, -0.1) is 0 Å². The molecule has 7 heteroatoms. The molecule has 2 N–H and O–H groups in total. The first kappa shape index (κ1) is 17.9. The van der Waals surface area contributed by atoms with Crippen molar-refractivity contribution in [1.82, 2.24) is 9.71 Å². The monoisotopic (exact) mass is 315 g/mol. The van der Waals surface area contributed by atoms with E-state index in [4.69, 9.17) is 4.74 Å². The Morgan fingerprint density at radius 1 is 1.33 bits per heavy atom. The Morgan fingerprint density at radius 2 is 2.10 bits per heavy atom. The number of rotatable bonds is 10. The number of anilines is 1. The van der Waals surface area contributed by atoms with Gasteiger partial charge >= 0.3 is 0 Å². The molecular formula is C14H25N3O3S. The maximum absolute atomic E-state index is 12.1. The van der Waals surface area contributed by atoms with Crippen LogP contribution in [0, 0.1) is 0 Å². The lowest BCUT2D eigenvalue weighted by Gasteiger charge is -2.09. The maximum Gasteiger partial charge on any atom is 0.240 e. The summed E-state index contributed by atoms with van der Waals surface area (Å²) in [5.41, 5.74) is 0.